The van der Waals surface area contributed by atoms with Crippen LogP contribution in [-0.4, -0.2) is 23.8 Å². The second-order valence-corrected chi connectivity index (χ2v) is 4.50. The Morgan fingerprint density at radius 3 is 2.75 bits per heavy atom. The highest BCUT2D eigenvalue weighted by Crippen LogP contribution is 2.29. The predicted octanol–water partition coefficient (Wildman–Crippen LogP) is 2.77. The van der Waals surface area contributed by atoms with Crippen molar-refractivity contribution < 1.29 is 14.6 Å². The van der Waals surface area contributed by atoms with Crippen molar-refractivity contribution in [2.24, 2.45) is 0 Å². The lowest BCUT2D eigenvalue weighted by Gasteiger charge is -2.14. The Labute approximate surface area is 119 Å². The van der Waals surface area contributed by atoms with Gasteiger partial charge >= 0.3 is 0 Å². The van der Waals surface area contributed by atoms with Crippen molar-refractivity contribution in [1.82, 2.24) is 4.98 Å². The number of benzene rings is 1. The van der Waals surface area contributed by atoms with Crippen LogP contribution in [0.3, 0.4) is 0 Å². The second-order valence-electron chi connectivity index (χ2n) is 4.50. The molecule has 0 spiro atoms. The van der Waals surface area contributed by atoms with Gasteiger partial charge in [0.2, 0.25) is 0 Å². The van der Waals surface area contributed by atoms with Crippen LogP contribution in [0.4, 0.5) is 0 Å². The number of methoxy groups -OCH3 is 1. The summed E-state index contributed by atoms with van der Waals surface area (Å²) in [5, 5.41) is 9.75. The fourth-order valence-electron chi connectivity index (χ4n) is 1.92. The van der Waals surface area contributed by atoms with Gasteiger partial charge in [-0.2, -0.15) is 0 Å². The van der Waals surface area contributed by atoms with Crippen molar-refractivity contribution in [2.75, 3.05) is 13.7 Å². The van der Waals surface area contributed by atoms with Gasteiger partial charge in [-0.3, -0.25) is 4.98 Å². The summed E-state index contributed by atoms with van der Waals surface area (Å²) in [4.78, 5) is 4.25. The molecule has 0 fully saturated rings. The molecule has 4 heteroatoms. The Bertz CT molecular complexity index is 541. The van der Waals surface area contributed by atoms with Crippen molar-refractivity contribution in [1.29, 1.82) is 0 Å². The number of ether oxygens (including phenoxy) is 2. The van der Waals surface area contributed by atoms with Crippen LogP contribution >= 0.6 is 0 Å². The number of aromatic nitrogens is 1. The summed E-state index contributed by atoms with van der Waals surface area (Å²) in [6.07, 6.45) is 1.91. The standard InChI is InChI=1S/C16H19NO3/c1-12(18)15-7-6-14(19-2)11-16(15)20-10-8-13-5-3-4-9-17-13/h3-7,9,11-12,18H,8,10H2,1-2H3/t12-/m1/s1. The summed E-state index contributed by atoms with van der Waals surface area (Å²) >= 11 is 0. The Morgan fingerprint density at radius 2 is 2.10 bits per heavy atom. The molecular formula is C16H19NO3. The number of rotatable bonds is 6. The van der Waals surface area contributed by atoms with Gasteiger partial charge in [-0.1, -0.05) is 6.07 Å². The summed E-state index contributed by atoms with van der Waals surface area (Å²) in [6, 6.07) is 11.2. The van der Waals surface area contributed by atoms with Gasteiger partial charge in [0, 0.05) is 29.9 Å². The Kier molecular flexibility index (Phi) is 4.96. The summed E-state index contributed by atoms with van der Waals surface area (Å²) in [7, 11) is 1.61. The van der Waals surface area contributed by atoms with Gasteiger partial charge < -0.3 is 14.6 Å². The molecule has 1 aromatic carbocycles. The molecule has 0 amide bonds. The normalized spacial score (nSPS) is 11.9. The van der Waals surface area contributed by atoms with E-state index in [1.807, 2.05) is 30.3 Å². The van der Waals surface area contributed by atoms with Crippen molar-refractivity contribution in [3.8, 4) is 11.5 Å². The number of pyridine rings is 1. The van der Waals surface area contributed by atoms with E-state index < -0.39 is 6.10 Å². The fraction of sp³-hybridized carbons (Fsp3) is 0.312. The van der Waals surface area contributed by atoms with E-state index in [-0.39, 0.29) is 0 Å². The first kappa shape index (κ1) is 14.3. The molecule has 0 unspecified atom stereocenters. The topological polar surface area (TPSA) is 51.6 Å². The molecular weight excluding hydrogens is 254 g/mol. The second kappa shape index (κ2) is 6.91. The largest absolute Gasteiger partial charge is 0.497 e. The molecule has 0 aliphatic carbocycles. The van der Waals surface area contributed by atoms with Crippen LogP contribution in [0, 0.1) is 0 Å². The number of aliphatic hydroxyl groups is 1. The Hall–Kier alpha value is -2.07. The van der Waals surface area contributed by atoms with E-state index in [1.54, 1.807) is 26.3 Å². The third-order valence-electron chi connectivity index (χ3n) is 3.01. The van der Waals surface area contributed by atoms with E-state index in [9.17, 15) is 5.11 Å². The van der Waals surface area contributed by atoms with Crippen LogP contribution in [0.25, 0.3) is 0 Å². The van der Waals surface area contributed by atoms with Crippen molar-refractivity contribution in [2.45, 2.75) is 19.4 Å². The third kappa shape index (κ3) is 3.71. The highest BCUT2D eigenvalue weighted by Gasteiger charge is 2.10. The monoisotopic (exact) mass is 273 g/mol. The number of nitrogens with zero attached hydrogens (tertiary/aromatic N) is 1. The maximum absolute atomic E-state index is 9.75. The third-order valence-corrected chi connectivity index (χ3v) is 3.01. The highest BCUT2D eigenvalue weighted by molar-refractivity contribution is 5.41. The molecule has 0 aliphatic rings. The van der Waals surface area contributed by atoms with Gasteiger partial charge in [-0.25, -0.2) is 0 Å². The van der Waals surface area contributed by atoms with E-state index in [4.69, 9.17) is 9.47 Å². The summed E-state index contributed by atoms with van der Waals surface area (Å²) < 4.78 is 10.9. The molecule has 1 N–H and O–H groups in total. The summed E-state index contributed by atoms with van der Waals surface area (Å²) in [5.74, 6) is 1.36. The average Bonchev–Trinajstić information content (AvgIpc) is 2.48. The summed E-state index contributed by atoms with van der Waals surface area (Å²) in [6.45, 7) is 2.22. The molecule has 1 aromatic heterocycles. The molecule has 2 aromatic rings. The van der Waals surface area contributed by atoms with Gasteiger partial charge in [0.05, 0.1) is 19.8 Å². The first-order valence-electron chi connectivity index (χ1n) is 6.59. The van der Waals surface area contributed by atoms with E-state index in [0.717, 1.165) is 17.7 Å². The molecule has 1 heterocycles. The fourth-order valence-corrected chi connectivity index (χ4v) is 1.92. The van der Waals surface area contributed by atoms with Crippen molar-refractivity contribution >= 4 is 0 Å². The first-order valence-corrected chi connectivity index (χ1v) is 6.59. The van der Waals surface area contributed by atoms with Crippen LogP contribution in [0.1, 0.15) is 24.3 Å². The maximum Gasteiger partial charge on any atom is 0.128 e. The molecule has 0 saturated carbocycles. The van der Waals surface area contributed by atoms with E-state index in [1.165, 1.54) is 0 Å². The van der Waals surface area contributed by atoms with Crippen molar-refractivity contribution in [3.63, 3.8) is 0 Å². The lowest BCUT2D eigenvalue weighted by atomic mass is 10.1. The van der Waals surface area contributed by atoms with Gasteiger partial charge in [0.1, 0.15) is 11.5 Å². The zero-order valence-electron chi connectivity index (χ0n) is 11.7. The average molecular weight is 273 g/mol. The number of hydrogen-bond acceptors (Lipinski definition) is 4. The van der Waals surface area contributed by atoms with Crippen LogP contribution in [0.5, 0.6) is 11.5 Å². The molecule has 2 rings (SSSR count). The van der Waals surface area contributed by atoms with Gasteiger partial charge in [-0.05, 0) is 31.2 Å². The highest BCUT2D eigenvalue weighted by atomic mass is 16.5. The number of hydrogen-bond donors (Lipinski definition) is 1. The Morgan fingerprint density at radius 1 is 1.25 bits per heavy atom. The molecule has 0 aliphatic heterocycles. The zero-order valence-corrected chi connectivity index (χ0v) is 11.7. The van der Waals surface area contributed by atoms with E-state index in [0.29, 0.717) is 18.1 Å². The predicted molar refractivity (Wildman–Crippen MR) is 77.1 cm³/mol. The first-order chi connectivity index (χ1) is 9.70. The van der Waals surface area contributed by atoms with Crippen LogP contribution in [-0.2, 0) is 6.42 Å². The van der Waals surface area contributed by atoms with Crippen LogP contribution in [0.2, 0.25) is 0 Å². The van der Waals surface area contributed by atoms with Gasteiger partial charge in [0.15, 0.2) is 0 Å². The SMILES string of the molecule is COc1ccc([C@@H](C)O)c(OCCc2ccccn2)c1. The van der Waals surface area contributed by atoms with Crippen LogP contribution < -0.4 is 9.47 Å². The minimum absolute atomic E-state index is 0.504. The minimum Gasteiger partial charge on any atom is -0.497 e. The van der Waals surface area contributed by atoms with Gasteiger partial charge in [0.25, 0.3) is 0 Å². The molecule has 1 atom stereocenters. The zero-order chi connectivity index (χ0) is 14.4. The quantitative estimate of drug-likeness (QED) is 0.879. The maximum atomic E-state index is 9.75. The summed E-state index contributed by atoms with van der Waals surface area (Å²) in [5.41, 5.74) is 1.74. The van der Waals surface area contributed by atoms with Crippen LogP contribution in [0.15, 0.2) is 42.6 Å². The molecule has 4 nitrogen and oxygen atoms in total. The molecule has 20 heavy (non-hydrogen) atoms. The minimum atomic E-state index is -0.578. The Balaban J connectivity index is 2.04. The number of aliphatic hydroxyl groups excluding tert-OH is 1. The molecule has 0 bridgehead atoms. The van der Waals surface area contributed by atoms with Crippen molar-refractivity contribution in [3.05, 3.63) is 53.9 Å². The molecule has 0 saturated heterocycles. The smallest absolute Gasteiger partial charge is 0.128 e. The van der Waals surface area contributed by atoms with E-state index in [2.05, 4.69) is 4.98 Å². The lowest BCUT2D eigenvalue weighted by Crippen LogP contribution is -2.06. The van der Waals surface area contributed by atoms with E-state index >= 15 is 0 Å². The van der Waals surface area contributed by atoms with Gasteiger partial charge in [-0.15, -0.1) is 0 Å². The molecule has 106 valence electrons. The molecule has 0 radical (unpaired) electrons. The lowest BCUT2D eigenvalue weighted by molar-refractivity contribution is 0.191.